The number of carbonyl (C=O) groups excluding carboxylic acids is 1. The summed E-state index contributed by atoms with van der Waals surface area (Å²) in [7, 11) is 0. The highest BCUT2D eigenvalue weighted by molar-refractivity contribution is 6.03. The number of amides is 1. The van der Waals surface area contributed by atoms with Crippen LogP contribution in [0, 0.1) is 5.82 Å². The van der Waals surface area contributed by atoms with Crippen molar-refractivity contribution in [1.82, 2.24) is 4.90 Å². The van der Waals surface area contributed by atoms with Crippen LogP contribution in [0.25, 0.3) is 0 Å². The van der Waals surface area contributed by atoms with E-state index in [4.69, 9.17) is 4.74 Å². The molecule has 29 heavy (non-hydrogen) atoms. The van der Waals surface area contributed by atoms with Crippen LogP contribution in [0.3, 0.4) is 0 Å². The van der Waals surface area contributed by atoms with Crippen LogP contribution in [0.15, 0.2) is 42.5 Å². The molecule has 4 nitrogen and oxygen atoms in total. The zero-order valence-corrected chi connectivity index (χ0v) is 16.6. The molecule has 1 amide bonds. The summed E-state index contributed by atoms with van der Waals surface area (Å²) in [6, 6.07) is 12.9. The molecule has 0 atom stereocenters. The van der Waals surface area contributed by atoms with Crippen LogP contribution in [-0.4, -0.2) is 36.0 Å². The number of piperidine rings is 1. The lowest BCUT2D eigenvalue weighted by atomic mass is 9.90. The molecule has 2 heterocycles. The number of aryl methyl sites for hydroxylation is 1. The number of hydrogen-bond acceptors (Lipinski definition) is 3. The van der Waals surface area contributed by atoms with Crippen LogP contribution in [0.2, 0.25) is 0 Å². The highest BCUT2D eigenvalue weighted by atomic mass is 19.1. The number of likely N-dealkylation sites (tertiary alicyclic amines) is 1. The molecule has 5 heteroatoms. The summed E-state index contributed by atoms with van der Waals surface area (Å²) in [5.74, 6) is 0.630. The van der Waals surface area contributed by atoms with Crippen molar-refractivity contribution in [2.45, 2.75) is 57.1 Å². The molecular weight excluding hydrogens is 367 g/mol. The molecule has 152 valence electrons. The molecule has 5 rings (SSSR count). The fraction of sp³-hybridized carbons (Fsp3) is 0.458. The van der Waals surface area contributed by atoms with Gasteiger partial charge in [-0.2, -0.15) is 0 Å². The first-order valence-electron chi connectivity index (χ1n) is 10.8. The monoisotopic (exact) mass is 394 g/mol. The van der Waals surface area contributed by atoms with Gasteiger partial charge in [-0.15, -0.1) is 0 Å². The lowest BCUT2D eigenvalue weighted by Crippen LogP contribution is -2.46. The van der Waals surface area contributed by atoms with Crippen molar-refractivity contribution in [3.8, 4) is 5.75 Å². The smallest absolute Gasteiger partial charge is 0.231 e. The Morgan fingerprint density at radius 3 is 2.38 bits per heavy atom. The highest BCUT2D eigenvalue weighted by Crippen LogP contribution is 2.37. The van der Waals surface area contributed by atoms with Crippen LogP contribution in [0.5, 0.6) is 5.75 Å². The van der Waals surface area contributed by atoms with Crippen molar-refractivity contribution in [1.29, 1.82) is 0 Å². The molecule has 2 fully saturated rings. The first-order valence-corrected chi connectivity index (χ1v) is 10.8. The molecule has 2 aromatic carbocycles. The average molecular weight is 394 g/mol. The number of carbonyl (C=O) groups is 1. The number of anilines is 2. The number of rotatable bonds is 4. The molecule has 1 saturated heterocycles. The Balaban J connectivity index is 1.29. The Kier molecular flexibility index (Phi) is 5.00. The molecule has 0 unspecified atom stereocenters. The zero-order chi connectivity index (χ0) is 19.8. The maximum atomic E-state index is 13.3. The normalized spacial score (nSPS) is 21.0. The van der Waals surface area contributed by atoms with Gasteiger partial charge in [0.2, 0.25) is 5.91 Å². The third-order valence-electron chi connectivity index (χ3n) is 6.60. The lowest BCUT2D eigenvalue weighted by Gasteiger charge is -2.41. The van der Waals surface area contributed by atoms with E-state index in [9.17, 15) is 9.18 Å². The van der Waals surface area contributed by atoms with Gasteiger partial charge in [-0.1, -0.05) is 6.42 Å². The summed E-state index contributed by atoms with van der Waals surface area (Å²) in [6.07, 6.45) is 7.69. The Bertz CT molecular complexity index is 886. The molecule has 2 aromatic rings. The predicted molar refractivity (Wildman–Crippen MR) is 111 cm³/mol. The SMILES string of the molecule is O=C1CCc2cc(OC3CCN(C4CCC4)CC3)ccc2N1c1ccc(F)cc1. The van der Waals surface area contributed by atoms with Gasteiger partial charge in [0.1, 0.15) is 17.7 Å². The highest BCUT2D eigenvalue weighted by Gasteiger charge is 2.30. The first-order chi connectivity index (χ1) is 14.2. The van der Waals surface area contributed by atoms with Gasteiger partial charge >= 0.3 is 0 Å². The van der Waals surface area contributed by atoms with Gasteiger partial charge in [0, 0.05) is 31.2 Å². The van der Waals surface area contributed by atoms with Gasteiger partial charge in [0.15, 0.2) is 0 Å². The third-order valence-corrected chi connectivity index (χ3v) is 6.60. The van der Waals surface area contributed by atoms with Crippen molar-refractivity contribution < 1.29 is 13.9 Å². The van der Waals surface area contributed by atoms with E-state index < -0.39 is 0 Å². The van der Waals surface area contributed by atoms with Crippen LogP contribution < -0.4 is 9.64 Å². The Hall–Kier alpha value is -2.40. The maximum Gasteiger partial charge on any atom is 0.231 e. The van der Waals surface area contributed by atoms with E-state index in [1.165, 1.54) is 31.4 Å². The largest absolute Gasteiger partial charge is 0.490 e. The topological polar surface area (TPSA) is 32.8 Å². The Morgan fingerprint density at radius 2 is 1.69 bits per heavy atom. The van der Waals surface area contributed by atoms with E-state index in [1.54, 1.807) is 17.0 Å². The number of benzene rings is 2. The Labute approximate surface area is 171 Å². The second-order valence-corrected chi connectivity index (χ2v) is 8.43. The molecule has 0 aromatic heterocycles. The molecule has 1 saturated carbocycles. The minimum Gasteiger partial charge on any atom is -0.490 e. The van der Waals surface area contributed by atoms with Crippen molar-refractivity contribution in [3.63, 3.8) is 0 Å². The van der Waals surface area contributed by atoms with Gasteiger partial charge in [0.05, 0.1) is 5.69 Å². The molecule has 0 radical (unpaired) electrons. The van der Waals surface area contributed by atoms with Crippen molar-refractivity contribution in [2.75, 3.05) is 18.0 Å². The van der Waals surface area contributed by atoms with Gasteiger partial charge in [-0.3, -0.25) is 9.69 Å². The lowest BCUT2D eigenvalue weighted by molar-refractivity contribution is -0.118. The van der Waals surface area contributed by atoms with Crippen LogP contribution >= 0.6 is 0 Å². The number of ether oxygens (including phenoxy) is 1. The third kappa shape index (κ3) is 3.76. The van der Waals surface area contributed by atoms with E-state index in [1.807, 2.05) is 12.1 Å². The average Bonchev–Trinajstić information content (AvgIpc) is 2.69. The number of nitrogens with zero attached hydrogens (tertiary/aromatic N) is 2. The summed E-state index contributed by atoms with van der Waals surface area (Å²) in [4.78, 5) is 16.9. The molecule has 2 aliphatic heterocycles. The summed E-state index contributed by atoms with van der Waals surface area (Å²) < 4.78 is 19.6. The maximum absolute atomic E-state index is 13.3. The zero-order valence-electron chi connectivity index (χ0n) is 16.6. The fourth-order valence-corrected chi connectivity index (χ4v) is 4.72. The number of halogens is 1. The van der Waals surface area contributed by atoms with E-state index in [2.05, 4.69) is 11.0 Å². The van der Waals surface area contributed by atoms with Crippen LogP contribution in [-0.2, 0) is 11.2 Å². The van der Waals surface area contributed by atoms with Gasteiger partial charge in [0.25, 0.3) is 0 Å². The first kappa shape index (κ1) is 18.6. The summed E-state index contributed by atoms with van der Waals surface area (Å²) in [5.41, 5.74) is 2.69. The fourth-order valence-electron chi connectivity index (χ4n) is 4.72. The van der Waals surface area contributed by atoms with Crippen LogP contribution in [0.1, 0.15) is 44.1 Å². The van der Waals surface area contributed by atoms with Gasteiger partial charge in [-0.25, -0.2) is 4.39 Å². The summed E-state index contributed by atoms with van der Waals surface area (Å²) >= 11 is 0. The van der Waals surface area contributed by atoms with E-state index in [0.29, 0.717) is 18.5 Å². The number of fused-ring (bicyclic) bond motifs is 1. The quantitative estimate of drug-likeness (QED) is 0.744. The summed E-state index contributed by atoms with van der Waals surface area (Å²) in [5, 5.41) is 0. The van der Waals surface area contributed by atoms with E-state index in [-0.39, 0.29) is 17.8 Å². The van der Waals surface area contributed by atoms with E-state index in [0.717, 1.165) is 49.0 Å². The van der Waals surface area contributed by atoms with Crippen molar-refractivity contribution in [2.24, 2.45) is 0 Å². The predicted octanol–water partition coefficient (Wildman–Crippen LogP) is 4.83. The van der Waals surface area contributed by atoms with Crippen molar-refractivity contribution in [3.05, 3.63) is 53.8 Å². The van der Waals surface area contributed by atoms with Crippen molar-refractivity contribution >= 4 is 17.3 Å². The molecule has 0 N–H and O–H groups in total. The number of hydrogen-bond donors (Lipinski definition) is 0. The van der Waals surface area contributed by atoms with E-state index >= 15 is 0 Å². The van der Waals surface area contributed by atoms with Gasteiger partial charge < -0.3 is 9.64 Å². The Morgan fingerprint density at radius 1 is 0.931 bits per heavy atom. The molecule has 1 aliphatic carbocycles. The second kappa shape index (κ2) is 7.79. The van der Waals surface area contributed by atoms with Gasteiger partial charge in [-0.05, 0) is 80.1 Å². The minimum atomic E-state index is -0.300. The molecule has 0 spiro atoms. The molecular formula is C24H27FN2O2. The standard InChI is InChI=1S/C24H27FN2O2/c25-18-5-7-20(8-6-18)27-23-10-9-22(16-17(23)4-11-24(27)28)29-21-12-14-26(15-13-21)19-2-1-3-19/h5-10,16,19,21H,1-4,11-15H2. The second-order valence-electron chi connectivity index (χ2n) is 8.43. The minimum absolute atomic E-state index is 0.0427. The molecule has 0 bridgehead atoms. The summed E-state index contributed by atoms with van der Waals surface area (Å²) in [6.45, 7) is 2.26. The van der Waals surface area contributed by atoms with Crippen LogP contribution in [0.4, 0.5) is 15.8 Å². The molecule has 3 aliphatic rings.